The third-order valence-electron chi connectivity index (χ3n) is 2.86. The lowest BCUT2D eigenvalue weighted by atomic mass is 10.3. The molecule has 0 radical (unpaired) electrons. The van der Waals surface area contributed by atoms with Gasteiger partial charge in [-0.15, -0.1) is 13.2 Å². The summed E-state index contributed by atoms with van der Waals surface area (Å²) in [6.07, 6.45) is -1.95. The van der Waals surface area contributed by atoms with Crippen molar-refractivity contribution < 1.29 is 22.6 Å². The van der Waals surface area contributed by atoms with E-state index in [0.717, 1.165) is 6.07 Å². The average Bonchev–Trinajstić information content (AvgIpc) is 2.61. The zero-order chi connectivity index (χ0) is 19.0. The van der Waals surface area contributed by atoms with Crippen molar-refractivity contribution in [3.05, 3.63) is 48.4 Å². The van der Waals surface area contributed by atoms with E-state index in [1.807, 2.05) is 0 Å². The highest BCUT2D eigenvalue weighted by Crippen LogP contribution is 2.25. The second kappa shape index (κ2) is 8.65. The fraction of sp³-hybridized carbons (Fsp3) is 0.200. The first-order chi connectivity index (χ1) is 12.4. The van der Waals surface area contributed by atoms with Crippen LogP contribution in [-0.4, -0.2) is 30.0 Å². The summed E-state index contributed by atoms with van der Waals surface area (Å²) in [6, 6.07) is 6.99. The SMILES string of the molecule is CNc1ccnc(OC/C(=C/Nc2cccc(OC(F)(F)F)c2)N=N)n1. The molecule has 0 saturated carbocycles. The van der Waals surface area contributed by atoms with Crippen molar-refractivity contribution >= 4 is 11.5 Å². The van der Waals surface area contributed by atoms with Crippen LogP contribution < -0.4 is 20.1 Å². The van der Waals surface area contributed by atoms with Crippen molar-refractivity contribution in [3.63, 3.8) is 0 Å². The molecule has 3 N–H and O–H groups in total. The van der Waals surface area contributed by atoms with Crippen molar-refractivity contribution in [2.45, 2.75) is 6.36 Å². The molecule has 0 unspecified atom stereocenters. The predicted octanol–water partition coefficient (Wildman–Crippen LogP) is 3.78. The number of benzene rings is 1. The molecule has 1 aromatic heterocycles. The van der Waals surface area contributed by atoms with Crippen LogP contribution >= 0.6 is 0 Å². The molecule has 1 aromatic carbocycles. The predicted molar refractivity (Wildman–Crippen MR) is 87.1 cm³/mol. The largest absolute Gasteiger partial charge is 0.573 e. The van der Waals surface area contributed by atoms with Gasteiger partial charge in [-0.25, -0.2) is 10.5 Å². The molecule has 2 aromatic rings. The molecule has 0 aliphatic rings. The Balaban J connectivity index is 1.98. The zero-order valence-electron chi connectivity index (χ0n) is 13.5. The van der Waals surface area contributed by atoms with E-state index < -0.39 is 6.36 Å². The summed E-state index contributed by atoms with van der Waals surface area (Å²) in [7, 11) is 1.69. The van der Waals surface area contributed by atoms with Gasteiger partial charge in [0.1, 0.15) is 23.9 Å². The molecular weight excluding hydrogens is 353 g/mol. The minimum atomic E-state index is -4.77. The van der Waals surface area contributed by atoms with Gasteiger partial charge in [-0.2, -0.15) is 10.1 Å². The van der Waals surface area contributed by atoms with Gasteiger partial charge in [-0.05, 0) is 18.2 Å². The van der Waals surface area contributed by atoms with Crippen LogP contribution in [0, 0.1) is 5.53 Å². The number of hydrogen-bond donors (Lipinski definition) is 3. The van der Waals surface area contributed by atoms with Gasteiger partial charge in [0, 0.05) is 31.2 Å². The Bertz CT molecular complexity index is 782. The maximum Gasteiger partial charge on any atom is 0.573 e. The maximum atomic E-state index is 12.2. The average molecular weight is 368 g/mol. The molecule has 0 spiro atoms. The molecular formula is C15H15F3N6O2. The number of rotatable bonds is 8. The van der Waals surface area contributed by atoms with Gasteiger partial charge in [-0.1, -0.05) is 6.07 Å². The van der Waals surface area contributed by atoms with E-state index in [4.69, 9.17) is 10.3 Å². The quantitative estimate of drug-likeness (QED) is 0.613. The Morgan fingerprint density at radius 2 is 2.15 bits per heavy atom. The fourth-order valence-corrected chi connectivity index (χ4v) is 1.74. The first-order valence-corrected chi connectivity index (χ1v) is 7.22. The van der Waals surface area contributed by atoms with E-state index in [-0.39, 0.29) is 24.1 Å². The molecule has 26 heavy (non-hydrogen) atoms. The van der Waals surface area contributed by atoms with E-state index in [1.54, 1.807) is 13.1 Å². The van der Waals surface area contributed by atoms with Crippen molar-refractivity contribution in [3.8, 4) is 11.8 Å². The Labute approximate surface area is 146 Å². The second-order valence-electron chi connectivity index (χ2n) is 4.73. The highest BCUT2D eigenvalue weighted by molar-refractivity contribution is 5.50. The minimum Gasteiger partial charge on any atom is -0.457 e. The maximum absolute atomic E-state index is 12.2. The van der Waals surface area contributed by atoms with Gasteiger partial charge in [-0.3, -0.25) is 0 Å². The monoisotopic (exact) mass is 368 g/mol. The zero-order valence-corrected chi connectivity index (χ0v) is 13.5. The highest BCUT2D eigenvalue weighted by Gasteiger charge is 2.31. The van der Waals surface area contributed by atoms with Crippen LogP contribution in [0.1, 0.15) is 0 Å². The molecule has 0 saturated heterocycles. The summed E-state index contributed by atoms with van der Waals surface area (Å²) in [4.78, 5) is 7.95. The molecule has 0 amide bonds. The summed E-state index contributed by atoms with van der Waals surface area (Å²) in [5.41, 5.74) is 7.63. The van der Waals surface area contributed by atoms with Crippen LogP contribution in [0.4, 0.5) is 24.7 Å². The van der Waals surface area contributed by atoms with E-state index in [9.17, 15) is 13.2 Å². The molecule has 0 fully saturated rings. The van der Waals surface area contributed by atoms with Gasteiger partial charge >= 0.3 is 12.4 Å². The number of nitrogens with zero attached hydrogens (tertiary/aromatic N) is 3. The summed E-state index contributed by atoms with van der Waals surface area (Å²) in [6.45, 7) is -0.109. The number of alkyl halides is 3. The van der Waals surface area contributed by atoms with Crippen molar-refractivity contribution in [2.75, 3.05) is 24.3 Å². The Hall–Kier alpha value is -3.37. The van der Waals surface area contributed by atoms with Gasteiger partial charge in [0.25, 0.3) is 0 Å². The third-order valence-corrected chi connectivity index (χ3v) is 2.86. The van der Waals surface area contributed by atoms with E-state index in [1.165, 1.54) is 30.6 Å². The normalized spacial score (nSPS) is 11.6. The topological polar surface area (TPSA) is 105 Å². The molecule has 0 bridgehead atoms. The lowest BCUT2D eigenvalue weighted by molar-refractivity contribution is -0.274. The number of halogens is 3. The van der Waals surface area contributed by atoms with Crippen LogP contribution in [0.3, 0.4) is 0 Å². The molecule has 11 heteroatoms. The van der Waals surface area contributed by atoms with Crippen molar-refractivity contribution in [2.24, 2.45) is 5.11 Å². The van der Waals surface area contributed by atoms with Gasteiger partial charge < -0.3 is 20.1 Å². The van der Waals surface area contributed by atoms with Crippen molar-refractivity contribution in [1.29, 1.82) is 5.53 Å². The molecule has 8 nitrogen and oxygen atoms in total. The first-order valence-electron chi connectivity index (χ1n) is 7.22. The summed E-state index contributed by atoms with van der Waals surface area (Å²) in [5.74, 6) is 0.191. The minimum absolute atomic E-state index is 0.0898. The lowest BCUT2D eigenvalue weighted by Gasteiger charge is -2.10. The van der Waals surface area contributed by atoms with Crippen LogP contribution in [-0.2, 0) is 0 Å². The first kappa shape index (κ1) is 19.0. The van der Waals surface area contributed by atoms with Gasteiger partial charge in [0.05, 0.1) is 0 Å². The van der Waals surface area contributed by atoms with Crippen LogP contribution in [0.5, 0.6) is 11.8 Å². The van der Waals surface area contributed by atoms with E-state index >= 15 is 0 Å². The van der Waals surface area contributed by atoms with Crippen LogP contribution in [0.2, 0.25) is 0 Å². The van der Waals surface area contributed by atoms with E-state index in [0.29, 0.717) is 11.5 Å². The summed E-state index contributed by atoms with van der Waals surface area (Å²) < 4.78 is 45.8. The van der Waals surface area contributed by atoms with E-state index in [2.05, 4.69) is 30.5 Å². The standard InChI is InChI=1S/C15H15F3N6O2/c1-20-13-5-6-21-14(23-13)25-9-11(24-19)8-22-10-3-2-4-12(7-10)26-15(16,17)18/h2-8,19,22H,9H2,1H3,(H,20,21,23)/b11-8-,24-19?. The summed E-state index contributed by atoms with van der Waals surface area (Å²) in [5, 5.41) is 8.83. The Morgan fingerprint density at radius 3 is 2.85 bits per heavy atom. The fourth-order valence-electron chi connectivity index (χ4n) is 1.74. The number of nitrogens with one attached hydrogen (secondary N) is 3. The molecule has 138 valence electrons. The smallest absolute Gasteiger partial charge is 0.457 e. The van der Waals surface area contributed by atoms with Crippen LogP contribution in [0.25, 0.3) is 0 Å². The Morgan fingerprint density at radius 1 is 1.35 bits per heavy atom. The molecule has 2 rings (SSSR count). The molecule has 0 aliphatic heterocycles. The van der Waals surface area contributed by atoms with Gasteiger partial charge in [0.15, 0.2) is 0 Å². The van der Waals surface area contributed by atoms with Gasteiger partial charge in [0.2, 0.25) is 0 Å². The second-order valence-corrected chi connectivity index (χ2v) is 4.73. The number of hydrogen-bond acceptors (Lipinski definition) is 8. The molecule has 0 atom stereocenters. The summed E-state index contributed by atoms with van der Waals surface area (Å²) >= 11 is 0. The molecule has 1 heterocycles. The Kier molecular flexibility index (Phi) is 6.31. The lowest BCUT2D eigenvalue weighted by Crippen LogP contribution is -2.17. The third kappa shape index (κ3) is 6.26. The van der Waals surface area contributed by atoms with Crippen molar-refractivity contribution in [1.82, 2.24) is 9.97 Å². The van der Waals surface area contributed by atoms with Crippen LogP contribution in [0.15, 0.2) is 53.5 Å². The number of ether oxygens (including phenoxy) is 2. The molecule has 0 aliphatic carbocycles. The highest BCUT2D eigenvalue weighted by atomic mass is 19.4. The number of anilines is 2. The number of aromatic nitrogens is 2.